The van der Waals surface area contributed by atoms with Crippen molar-refractivity contribution in [3.8, 4) is 5.75 Å². The van der Waals surface area contributed by atoms with Crippen molar-refractivity contribution in [2.75, 3.05) is 46.6 Å². The van der Waals surface area contributed by atoms with E-state index < -0.39 is 10.0 Å². The van der Waals surface area contributed by atoms with Gasteiger partial charge in [-0.3, -0.25) is 4.99 Å². The maximum absolute atomic E-state index is 11.8. The van der Waals surface area contributed by atoms with Crippen LogP contribution in [0.5, 0.6) is 5.75 Å². The Bertz CT molecular complexity index is 682. The van der Waals surface area contributed by atoms with Crippen LogP contribution in [0.1, 0.15) is 12.0 Å². The molecule has 0 saturated carbocycles. The molecule has 9 heteroatoms. The lowest BCUT2D eigenvalue weighted by Gasteiger charge is -2.24. The largest absolute Gasteiger partial charge is 0.496 e. The predicted octanol–water partition coefficient (Wildman–Crippen LogP) is 1.36. The molecule has 0 bridgehead atoms. The molecule has 7 nitrogen and oxygen atoms in total. The molecule has 1 saturated heterocycles. The van der Waals surface area contributed by atoms with E-state index in [1.54, 1.807) is 14.2 Å². The Balaban J connectivity index is 0.00000312. The topological polar surface area (TPSA) is 74.2 Å². The third kappa shape index (κ3) is 6.00. The first-order valence-electron chi connectivity index (χ1n) is 7.99. The minimum atomic E-state index is -3.05. The van der Waals surface area contributed by atoms with Crippen LogP contribution < -0.4 is 10.1 Å². The van der Waals surface area contributed by atoms with E-state index in [1.807, 2.05) is 36.2 Å². The molecule has 0 aliphatic carbocycles. The van der Waals surface area contributed by atoms with Crippen molar-refractivity contribution in [2.24, 2.45) is 4.99 Å². The Hall–Kier alpha value is -1.07. The van der Waals surface area contributed by atoms with Gasteiger partial charge in [-0.05, 0) is 12.5 Å². The van der Waals surface area contributed by atoms with E-state index in [1.165, 1.54) is 4.31 Å². The number of hydrogen-bond acceptors (Lipinski definition) is 4. The molecule has 0 amide bonds. The molecule has 142 valence electrons. The van der Waals surface area contributed by atoms with Gasteiger partial charge in [0.15, 0.2) is 5.96 Å². The molecule has 1 aromatic rings. The van der Waals surface area contributed by atoms with Gasteiger partial charge >= 0.3 is 0 Å². The van der Waals surface area contributed by atoms with Crippen LogP contribution in [0.2, 0.25) is 0 Å². The summed E-state index contributed by atoms with van der Waals surface area (Å²) in [6.07, 6.45) is 0.713. The van der Waals surface area contributed by atoms with Crippen LogP contribution in [0.4, 0.5) is 0 Å². The molecule has 25 heavy (non-hydrogen) atoms. The van der Waals surface area contributed by atoms with E-state index in [2.05, 4.69) is 10.3 Å². The summed E-state index contributed by atoms with van der Waals surface area (Å²) in [5, 5.41) is 3.22. The Kier molecular flexibility index (Phi) is 8.94. The van der Waals surface area contributed by atoms with Gasteiger partial charge in [-0.15, -0.1) is 24.0 Å². The zero-order valence-corrected chi connectivity index (χ0v) is 18.1. The van der Waals surface area contributed by atoms with E-state index in [0.29, 0.717) is 32.6 Å². The highest BCUT2D eigenvalue weighted by molar-refractivity contribution is 14.0. The minimum Gasteiger partial charge on any atom is -0.496 e. The molecule has 2 rings (SSSR count). The highest BCUT2D eigenvalue weighted by Gasteiger charge is 2.27. The highest BCUT2D eigenvalue weighted by atomic mass is 127. The molecule has 1 aromatic carbocycles. The van der Waals surface area contributed by atoms with Crippen molar-refractivity contribution in [1.82, 2.24) is 14.5 Å². The van der Waals surface area contributed by atoms with Crippen LogP contribution in [0, 0.1) is 0 Å². The van der Waals surface area contributed by atoms with Crippen molar-refractivity contribution in [2.45, 2.75) is 13.0 Å². The molecule has 1 heterocycles. The van der Waals surface area contributed by atoms with Gasteiger partial charge in [0.05, 0.1) is 12.9 Å². The maximum atomic E-state index is 11.8. The fourth-order valence-corrected chi connectivity index (χ4v) is 4.31. The normalized spacial score (nSPS) is 17.0. The summed E-state index contributed by atoms with van der Waals surface area (Å²) in [6.45, 7) is 2.25. The van der Waals surface area contributed by atoms with Crippen molar-refractivity contribution >= 4 is 40.0 Å². The van der Waals surface area contributed by atoms with E-state index in [0.717, 1.165) is 17.3 Å². The average molecular weight is 482 g/mol. The molecule has 1 fully saturated rings. The number of guanidine groups is 1. The summed E-state index contributed by atoms with van der Waals surface area (Å²) < 4.78 is 30.5. The van der Waals surface area contributed by atoms with E-state index >= 15 is 0 Å². The number of nitrogens with zero attached hydrogens (tertiary/aromatic N) is 3. The number of hydrogen-bond donors (Lipinski definition) is 1. The molecule has 1 aliphatic heterocycles. The van der Waals surface area contributed by atoms with Gasteiger partial charge in [-0.2, -0.15) is 0 Å². The van der Waals surface area contributed by atoms with Crippen LogP contribution in [0.3, 0.4) is 0 Å². The van der Waals surface area contributed by atoms with Crippen molar-refractivity contribution in [1.29, 1.82) is 0 Å². The van der Waals surface area contributed by atoms with Crippen LogP contribution in [0.15, 0.2) is 29.3 Å². The molecule has 1 aliphatic rings. The van der Waals surface area contributed by atoms with Gasteiger partial charge in [-0.25, -0.2) is 12.7 Å². The van der Waals surface area contributed by atoms with Crippen molar-refractivity contribution in [3.63, 3.8) is 0 Å². The lowest BCUT2D eigenvalue weighted by Crippen LogP contribution is -2.42. The lowest BCUT2D eigenvalue weighted by atomic mass is 10.2. The fraction of sp³-hybridized carbons (Fsp3) is 0.562. The molecule has 0 aromatic heterocycles. The Morgan fingerprint density at radius 2 is 2.12 bits per heavy atom. The summed E-state index contributed by atoms with van der Waals surface area (Å²) in [7, 11) is 2.26. The lowest BCUT2D eigenvalue weighted by molar-refractivity contribution is 0.394. The molecule has 0 unspecified atom stereocenters. The quantitative estimate of drug-likeness (QED) is 0.377. The van der Waals surface area contributed by atoms with Crippen LogP contribution in [-0.2, 0) is 16.6 Å². The summed E-state index contributed by atoms with van der Waals surface area (Å²) >= 11 is 0. The Morgan fingerprint density at radius 1 is 1.40 bits per heavy atom. The predicted molar refractivity (Wildman–Crippen MR) is 111 cm³/mol. The second kappa shape index (κ2) is 10.2. The van der Waals surface area contributed by atoms with Gasteiger partial charge in [-0.1, -0.05) is 18.2 Å². The van der Waals surface area contributed by atoms with E-state index in [9.17, 15) is 8.42 Å². The number of para-hydroxylation sites is 1. The average Bonchev–Trinajstić information content (AvgIpc) is 2.90. The highest BCUT2D eigenvalue weighted by Crippen LogP contribution is 2.18. The third-order valence-corrected chi connectivity index (χ3v) is 5.98. The van der Waals surface area contributed by atoms with Gasteiger partial charge < -0.3 is 15.0 Å². The van der Waals surface area contributed by atoms with Gasteiger partial charge in [0.1, 0.15) is 5.75 Å². The molecule has 1 N–H and O–H groups in total. The summed E-state index contributed by atoms with van der Waals surface area (Å²) in [5.74, 6) is 1.82. The molecule has 0 atom stereocenters. The number of methoxy groups -OCH3 is 1. The fourth-order valence-electron chi connectivity index (χ4n) is 2.78. The van der Waals surface area contributed by atoms with Crippen LogP contribution in [-0.4, -0.2) is 70.2 Å². The number of nitrogens with one attached hydrogen (secondary N) is 1. The SMILES string of the molecule is CN=C(NCCN1CCCS1(=O)=O)N(C)Cc1ccccc1OC.I. The third-order valence-electron chi connectivity index (χ3n) is 4.02. The number of aliphatic imine (C=N–C) groups is 1. The molecular weight excluding hydrogens is 455 g/mol. The summed E-state index contributed by atoms with van der Waals surface area (Å²) in [6, 6.07) is 7.85. The Labute approximate surface area is 167 Å². The van der Waals surface area contributed by atoms with Crippen LogP contribution >= 0.6 is 24.0 Å². The van der Waals surface area contributed by atoms with E-state index in [-0.39, 0.29) is 29.7 Å². The number of benzene rings is 1. The zero-order chi connectivity index (χ0) is 17.6. The maximum Gasteiger partial charge on any atom is 0.214 e. The van der Waals surface area contributed by atoms with Crippen molar-refractivity contribution in [3.05, 3.63) is 29.8 Å². The minimum absolute atomic E-state index is 0. The summed E-state index contributed by atoms with van der Waals surface area (Å²) in [4.78, 5) is 6.25. The zero-order valence-electron chi connectivity index (χ0n) is 14.9. The monoisotopic (exact) mass is 482 g/mol. The Morgan fingerprint density at radius 3 is 2.72 bits per heavy atom. The molecule has 0 radical (unpaired) electrons. The second-order valence-corrected chi connectivity index (χ2v) is 7.80. The number of rotatable bonds is 6. The first-order valence-corrected chi connectivity index (χ1v) is 9.60. The number of sulfonamides is 1. The summed E-state index contributed by atoms with van der Waals surface area (Å²) in [5.41, 5.74) is 1.06. The number of ether oxygens (including phenoxy) is 1. The number of halogens is 1. The van der Waals surface area contributed by atoms with E-state index in [4.69, 9.17) is 4.74 Å². The first-order chi connectivity index (χ1) is 11.5. The van der Waals surface area contributed by atoms with Gasteiger partial charge in [0.2, 0.25) is 10.0 Å². The molecule has 0 spiro atoms. The first kappa shape index (κ1) is 22.0. The van der Waals surface area contributed by atoms with Gasteiger partial charge in [0, 0.05) is 45.8 Å². The van der Waals surface area contributed by atoms with Gasteiger partial charge in [0.25, 0.3) is 0 Å². The molecular formula is C16H27IN4O3S. The standard InChI is InChI=1S/C16H26N4O3S.HI/c1-17-16(18-9-11-20-10-6-12-24(20,21)22)19(2)13-14-7-4-5-8-15(14)23-3;/h4-5,7-8H,6,9-13H2,1-3H3,(H,17,18);1H. The smallest absolute Gasteiger partial charge is 0.214 e. The van der Waals surface area contributed by atoms with Crippen LogP contribution in [0.25, 0.3) is 0 Å². The van der Waals surface area contributed by atoms with Crippen molar-refractivity contribution < 1.29 is 13.2 Å². The second-order valence-electron chi connectivity index (χ2n) is 5.71.